The molecule has 2 heterocycles. The van der Waals surface area contributed by atoms with E-state index < -0.39 is 6.16 Å². The van der Waals surface area contributed by atoms with Crippen molar-refractivity contribution in [3.63, 3.8) is 0 Å². The van der Waals surface area contributed by atoms with Gasteiger partial charge in [-0.3, -0.25) is 9.97 Å². The monoisotopic (exact) mass is 216 g/mol. The molecule has 0 saturated carbocycles. The van der Waals surface area contributed by atoms with Gasteiger partial charge in [-0.25, -0.2) is 4.79 Å². The first-order valence-corrected chi connectivity index (χ1v) is 4.54. The summed E-state index contributed by atoms with van der Waals surface area (Å²) < 4.78 is 9.79. The Morgan fingerprint density at radius 2 is 1.19 bits per heavy atom. The number of ether oxygens (including phenoxy) is 2. The van der Waals surface area contributed by atoms with Crippen LogP contribution in [0.25, 0.3) is 0 Å². The van der Waals surface area contributed by atoms with Crippen LogP contribution in [0.3, 0.4) is 0 Å². The summed E-state index contributed by atoms with van der Waals surface area (Å²) in [5, 5.41) is 0. The summed E-state index contributed by atoms with van der Waals surface area (Å²) in [4.78, 5) is 18.9. The Balaban J connectivity index is 1.95. The summed E-state index contributed by atoms with van der Waals surface area (Å²) >= 11 is 0. The van der Waals surface area contributed by atoms with Crippen LogP contribution in [0.15, 0.2) is 49.1 Å². The van der Waals surface area contributed by atoms with Crippen molar-refractivity contribution in [3.8, 4) is 11.5 Å². The Morgan fingerprint density at radius 3 is 1.56 bits per heavy atom. The molecule has 0 aliphatic heterocycles. The van der Waals surface area contributed by atoms with Crippen LogP contribution in [0.5, 0.6) is 11.5 Å². The summed E-state index contributed by atoms with van der Waals surface area (Å²) in [7, 11) is 0. The molecule has 0 aromatic carbocycles. The second kappa shape index (κ2) is 4.88. The first-order valence-electron chi connectivity index (χ1n) is 4.54. The lowest BCUT2D eigenvalue weighted by molar-refractivity contribution is 0.152. The second-order valence-corrected chi connectivity index (χ2v) is 2.82. The summed E-state index contributed by atoms with van der Waals surface area (Å²) in [5.41, 5.74) is 0. The van der Waals surface area contributed by atoms with E-state index in [9.17, 15) is 4.79 Å². The SMILES string of the molecule is O=C(Oc1ccncc1)Oc1ccncc1. The van der Waals surface area contributed by atoms with Gasteiger partial charge in [0.05, 0.1) is 0 Å². The zero-order valence-electron chi connectivity index (χ0n) is 8.24. The highest BCUT2D eigenvalue weighted by Gasteiger charge is 2.06. The minimum atomic E-state index is -0.794. The second-order valence-electron chi connectivity index (χ2n) is 2.82. The lowest BCUT2D eigenvalue weighted by atomic mass is 10.4. The molecular formula is C11H8N2O3. The van der Waals surface area contributed by atoms with Crippen molar-refractivity contribution >= 4 is 6.16 Å². The van der Waals surface area contributed by atoms with E-state index in [-0.39, 0.29) is 0 Å². The molecule has 2 rings (SSSR count). The molecule has 5 heteroatoms. The van der Waals surface area contributed by atoms with E-state index in [1.165, 1.54) is 24.8 Å². The van der Waals surface area contributed by atoms with E-state index in [0.717, 1.165) is 0 Å². The molecule has 0 fully saturated rings. The smallest absolute Gasteiger partial charge is 0.395 e. The Labute approximate surface area is 91.7 Å². The van der Waals surface area contributed by atoms with E-state index in [1.54, 1.807) is 24.3 Å². The molecule has 0 aliphatic rings. The molecule has 0 saturated heterocycles. The number of nitrogens with zero attached hydrogens (tertiary/aromatic N) is 2. The van der Waals surface area contributed by atoms with Gasteiger partial charge < -0.3 is 9.47 Å². The van der Waals surface area contributed by atoms with Crippen molar-refractivity contribution in [1.82, 2.24) is 9.97 Å². The Hall–Kier alpha value is -2.43. The molecule has 0 aliphatic carbocycles. The van der Waals surface area contributed by atoms with Gasteiger partial charge in [-0.2, -0.15) is 0 Å². The maximum absolute atomic E-state index is 11.3. The maximum atomic E-state index is 11.3. The molecule has 2 aromatic heterocycles. The highest BCUT2D eigenvalue weighted by atomic mass is 16.7. The number of carbonyl (C=O) groups excluding carboxylic acids is 1. The van der Waals surface area contributed by atoms with Crippen molar-refractivity contribution in [2.45, 2.75) is 0 Å². The molecule has 0 unspecified atom stereocenters. The first kappa shape index (κ1) is 10.1. The fourth-order valence-electron chi connectivity index (χ4n) is 1.03. The zero-order chi connectivity index (χ0) is 11.2. The minimum absolute atomic E-state index is 0.383. The Bertz CT molecular complexity index is 416. The van der Waals surface area contributed by atoms with Crippen molar-refractivity contribution in [3.05, 3.63) is 49.1 Å². The average Bonchev–Trinajstić information content (AvgIpc) is 2.31. The molecule has 2 aromatic rings. The quantitative estimate of drug-likeness (QED) is 0.719. The predicted molar refractivity (Wildman–Crippen MR) is 55.1 cm³/mol. The third-order valence-corrected chi connectivity index (χ3v) is 1.70. The van der Waals surface area contributed by atoms with Gasteiger partial charge in [0.15, 0.2) is 0 Å². The van der Waals surface area contributed by atoms with Gasteiger partial charge in [-0.1, -0.05) is 0 Å². The summed E-state index contributed by atoms with van der Waals surface area (Å²) in [6, 6.07) is 6.25. The summed E-state index contributed by atoms with van der Waals surface area (Å²) in [6.07, 6.45) is 5.30. The molecule has 80 valence electrons. The topological polar surface area (TPSA) is 61.3 Å². The van der Waals surface area contributed by atoms with Crippen molar-refractivity contribution < 1.29 is 14.3 Å². The fourth-order valence-corrected chi connectivity index (χ4v) is 1.03. The van der Waals surface area contributed by atoms with Gasteiger partial charge in [-0.15, -0.1) is 0 Å². The number of aromatic nitrogens is 2. The summed E-state index contributed by atoms with van der Waals surface area (Å²) in [5.74, 6) is 0.767. The number of hydrogen-bond acceptors (Lipinski definition) is 5. The highest BCUT2D eigenvalue weighted by Crippen LogP contribution is 2.11. The first-order chi connectivity index (χ1) is 7.84. The molecule has 0 radical (unpaired) electrons. The fraction of sp³-hybridized carbons (Fsp3) is 0. The minimum Gasteiger partial charge on any atom is -0.395 e. The molecular weight excluding hydrogens is 208 g/mol. The van der Waals surface area contributed by atoms with E-state index >= 15 is 0 Å². The number of carbonyl (C=O) groups is 1. The van der Waals surface area contributed by atoms with Gasteiger partial charge >= 0.3 is 6.16 Å². The highest BCUT2D eigenvalue weighted by molar-refractivity contribution is 5.66. The third kappa shape index (κ3) is 2.78. The van der Waals surface area contributed by atoms with Crippen LogP contribution in [0.1, 0.15) is 0 Å². The van der Waals surface area contributed by atoms with Gasteiger partial charge in [0.2, 0.25) is 0 Å². The number of hydrogen-bond donors (Lipinski definition) is 0. The molecule has 0 bridgehead atoms. The van der Waals surface area contributed by atoms with Crippen molar-refractivity contribution in [2.24, 2.45) is 0 Å². The maximum Gasteiger partial charge on any atom is 0.519 e. The van der Waals surface area contributed by atoms with E-state index in [0.29, 0.717) is 11.5 Å². The van der Waals surface area contributed by atoms with Crippen molar-refractivity contribution in [1.29, 1.82) is 0 Å². The lowest BCUT2D eigenvalue weighted by Gasteiger charge is -2.04. The molecule has 16 heavy (non-hydrogen) atoms. The van der Waals surface area contributed by atoms with Crippen LogP contribution >= 0.6 is 0 Å². The van der Waals surface area contributed by atoms with Crippen molar-refractivity contribution in [2.75, 3.05) is 0 Å². The van der Waals surface area contributed by atoms with Crippen LogP contribution in [0, 0.1) is 0 Å². The van der Waals surface area contributed by atoms with Crippen LogP contribution < -0.4 is 9.47 Å². The number of pyridine rings is 2. The van der Waals surface area contributed by atoms with E-state index in [1.807, 2.05) is 0 Å². The standard InChI is InChI=1S/C11H8N2O3/c14-11(15-9-1-5-12-6-2-9)16-10-3-7-13-8-4-10/h1-8H. The molecule has 0 spiro atoms. The zero-order valence-corrected chi connectivity index (χ0v) is 8.24. The van der Waals surface area contributed by atoms with Gasteiger partial charge in [-0.05, 0) is 24.3 Å². The average molecular weight is 216 g/mol. The normalized spacial score (nSPS) is 9.50. The third-order valence-electron chi connectivity index (χ3n) is 1.70. The Kier molecular flexibility index (Phi) is 3.08. The predicted octanol–water partition coefficient (Wildman–Crippen LogP) is 2.05. The molecule has 0 atom stereocenters. The molecule has 0 N–H and O–H groups in total. The van der Waals surface area contributed by atoms with Gasteiger partial charge in [0.25, 0.3) is 0 Å². The van der Waals surface area contributed by atoms with Gasteiger partial charge in [0, 0.05) is 24.8 Å². The summed E-state index contributed by atoms with van der Waals surface area (Å²) in [6.45, 7) is 0. The van der Waals surface area contributed by atoms with Crippen LogP contribution in [-0.2, 0) is 0 Å². The largest absolute Gasteiger partial charge is 0.519 e. The Morgan fingerprint density at radius 1 is 0.812 bits per heavy atom. The van der Waals surface area contributed by atoms with Crippen LogP contribution in [0.4, 0.5) is 4.79 Å². The molecule has 0 amide bonds. The van der Waals surface area contributed by atoms with E-state index in [4.69, 9.17) is 9.47 Å². The lowest BCUT2D eigenvalue weighted by Crippen LogP contribution is -2.13. The van der Waals surface area contributed by atoms with Crippen LogP contribution in [-0.4, -0.2) is 16.1 Å². The number of rotatable bonds is 2. The van der Waals surface area contributed by atoms with Gasteiger partial charge in [0.1, 0.15) is 11.5 Å². The van der Waals surface area contributed by atoms with E-state index in [2.05, 4.69) is 9.97 Å². The van der Waals surface area contributed by atoms with Crippen LogP contribution in [0.2, 0.25) is 0 Å². The molecule has 5 nitrogen and oxygen atoms in total.